The summed E-state index contributed by atoms with van der Waals surface area (Å²) in [6.07, 6.45) is 4.17. The van der Waals surface area contributed by atoms with Gasteiger partial charge in [-0.3, -0.25) is 0 Å². The first-order valence-corrected chi connectivity index (χ1v) is 4.84. The van der Waals surface area contributed by atoms with E-state index in [1.807, 2.05) is 13.8 Å². The van der Waals surface area contributed by atoms with Crippen LogP contribution in [0.4, 0.5) is 0 Å². The number of rotatable bonds is 6. The molecule has 2 heteroatoms. The Morgan fingerprint density at radius 2 is 1.75 bits per heavy atom. The lowest BCUT2D eigenvalue weighted by molar-refractivity contribution is -0.320. The van der Waals surface area contributed by atoms with Gasteiger partial charge in [-0.15, -0.1) is 0 Å². The van der Waals surface area contributed by atoms with Crippen molar-refractivity contribution in [2.75, 3.05) is 0 Å². The van der Waals surface area contributed by atoms with E-state index in [0.29, 0.717) is 12.8 Å². The first kappa shape index (κ1) is 11.5. The van der Waals surface area contributed by atoms with Gasteiger partial charge in [-0.1, -0.05) is 33.6 Å². The van der Waals surface area contributed by atoms with Crippen molar-refractivity contribution in [3.63, 3.8) is 0 Å². The summed E-state index contributed by atoms with van der Waals surface area (Å²) in [5.74, 6) is -0.874. The van der Waals surface area contributed by atoms with Crippen LogP contribution < -0.4 is 5.11 Å². The molecule has 0 spiro atoms. The summed E-state index contributed by atoms with van der Waals surface area (Å²) in [6, 6.07) is 0. The maximum atomic E-state index is 10.9. The summed E-state index contributed by atoms with van der Waals surface area (Å²) >= 11 is 0. The van der Waals surface area contributed by atoms with Crippen LogP contribution in [0.1, 0.15) is 52.9 Å². The highest BCUT2D eigenvalue weighted by molar-refractivity contribution is 5.72. The summed E-state index contributed by atoms with van der Waals surface area (Å²) in [5, 5.41) is 10.9. The zero-order valence-electron chi connectivity index (χ0n) is 8.35. The Kier molecular flexibility index (Phi) is 4.95. The minimum Gasteiger partial charge on any atom is -0.550 e. The van der Waals surface area contributed by atoms with Gasteiger partial charge < -0.3 is 9.90 Å². The number of carbonyl (C=O) groups excluding carboxylic acids is 1. The number of carbonyl (C=O) groups is 1. The molecule has 0 aromatic carbocycles. The molecule has 0 bridgehead atoms. The van der Waals surface area contributed by atoms with Crippen molar-refractivity contribution >= 4 is 5.97 Å². The lowest BCUT2D eigenvalue weighted by atomic mass is 9.78. The van der Waals surface area contributed by atoms with E-state index in [1.165, 1.54) is 0 Å². The van der Waals surface area contributed by atoms with Gasteiger partial charge in [-0.25, -0.2) is 0 Å². The van der Waals surface area contributed by atoms with Gasteiger partial charge in [0, 0.05) is 11.4 Å². The normalized spacial score (nSPS) is 11.6. The molecule has 0 heterocycles. The highest BCUT2D eigenvalue weighted by Gasteiger charge is 2.26. The maximum Gasteiger partial charge on any atom is 0.0476 e. The summed E-state index contributed by atoms with van der Waals surface area (Å²) in [7, 11) is 0. The number of hydrogen-bond acceptors (Lipinski definition) is 2. The number of carboxylic acids is 1. The van der Waals surface area contributed by atoms with E-state index < -0.39 is 11.4 Å². The van der Waals surface area contributed by atoms with Crippen LogP contribution in [0.15, 0.2) is 0 Å². The fourth-order valence-corrected chi connectivity index (χ4v) is 1.51. The zero-order valence-corrected chi connectivity index (χ0v) is 8.35. The highest BCUT2D eigenvalue weighted by Crippen LogP contribution is 2.31. The van der Waals surface area contributed by atoms with Crippen molar-refractivity contribution in [1.82, 2.24) is 0 Å². The Labute approximate surface area is 75.0 Å². The molecule has 0 amide bonds. The van der Waals surface area contributed by atoms with Crippen molar-refractivity contribution in [2.45, 2.75) is 52.9 Å². The van der Waals surface area contributed by atoms with E-state index in [2.05, 4.69) is 6.92 Å². The molecule has 0 saturated heterocycles. The summed E-state index contributed by atoms with van der Waals surface area (Å²) in [6.45, 7) is 5.93. The van der Waals surface area contributed by atoms with E-state index in [1.54, 1.807) is 0 Å². The second kappa shape index (κ2) is 5.18. The lowest BCUT2D eigenvalue weighted by Crippen LogP contribution is -2.41. The maximum absolute atomic E-state index is 10.9. The molecule has 0 aromatic heterocycles. The van der Waals surface area contributed by atoms with E-state index in [-0.39, 0.29) is 0 Å². The molecular weight excluding hydrogens is 152 g/mol. The molecule has 0 atom stereocenters. The van der Waals surface area contributed by atoms with Crippen molar-refractivity contribution < 1.29 is 9.90 Å². The van der Waals surface area contributed by atoms with Gasteiger partial charge in [0.15, 0.2) is 0 Å². The van der Waals surface area contributed by atoms with E-state index in [4.69, 9.17) is 0 Å². The van der Waals surface area contributed by atoms with E-state index >= 15 is 0 Å². The lowest BCUT2D eigenvalue weighted by Gasteiger charge is -2.32. The molecular formula is C10H19O2-. The molecule has 0 aliphatic heterocycles. The largest absolute Gasteiger partial charge is 0.550 e. The molecule has 0 aliphatic carbocycles. The van der Waals surface area contributed by atoms with Gasteiger partial charge in [0.1, 0.15) is 0 Å². The van der Waals surface area contributed by atoms with E-state index in [0.717, 1.165) is 19.3 Å². The summed E-state index contributed by atoms with van der Waals surface area (Å²) < 4.78 is 0. The third kappa shape index (κ3) is 2.50. The van der Waals surface area contributed by atoms with Crippen LogP contribution in [-0.2, 0) is 4.79 Å². The second-order valence-electron chi connectivity index (χ2n) is 3.38. The molecule has 0 N–H and O–H groups in total. The second-order valence-corrected chi connectivity index (χ2v) is 3.38. The fraction of sp³-hybridized carbons (Fsp3) is 0.900. The van der Waals surface area contributed by atoms with Crippen molar-refractivity contribution in [2.24, 2.45) is 5.41 Å². The van der Waals surface area contributed by atoms with Gasteiger partial charge in [0.25, 0.3) is 0 Å². The Morgan fingerprint density at radius 1 is 1.25 bits per heavy atom. The van der Waals surface area contributed by atoms with Crippen LogP contribution in [0, 0.1) is 5.41 Å². The number of carboxylic acid groups (broad SMARTS) is 1. The van der Waals surface area contributed by atoms with Gasteiger partial charge in [0.05, 0.1) is 0 Å². The van der Waals surface area contributed by atoms with Crippen LogP contribution in [0.2, 0.25) is 0 Å². The van der Waals surface area contributed by atoms with Crippen LogP contribution in [0.5, 0.6) is 0 Å². The molecule has 0 aromatic rings. The van der Waals surface area contributed by atoms with Crippen molar-refractivity contribution in [1.29, 1.82) is 0 Å². The Hall–Kier alpha value is -0.530. The topological polar surface area (TPSA) is 40.1 Å². The highest BCUT2D eigenvalue weighted by atomic mass is 16.4. The molecule has 72 valence electrons. The molecule has 0 fully saturated rings. The predicted octanol–water partition coefficient (Wildman–Crippen LogP) is 1.73. The standard InChI is InChI=1S/C10H20O2/c1-4-7-8-10(5-2,6-3)9(11)12/h4-8H2,1-3H3,(H,11,12)/p-1. The Balaban J connectivity index is 4.25. The predicted molar refractivity (Wildman–Crippen MR) is 47.5 cm³/mol. The number of unbranched alkanes of at least 4 members (excludes halogenated alkanes) is 1. The Morgan fingerprint density at radius 3 is 2.00 bits per heavy atom. The molecule has 2 nitrogen and oxygen atoms in total. The molecule has 0 rings (SSSR count). The quantitative estimate of drug-likeness (QED) is 0.610. The minimum absolute atomic E-state index is 0.560. The van der Waals surface area contributed by atoms with Crippen molar-refractivity contribution in [3.05, 3.63) is 0 Å². The molecule has 12 heavy (non-hydrogen) atoms. The molecule has 0 radical (unpaired) electrons. The van der Waals surface area contributed by atoms with E-state index in [9.17, 15) is 9.90 Å². The van der Waals surface area contributed by atoms with Crippen LogP contribution in [0.3, 0.4) is 0 Å². The van der Waals surface area contributed by atoms with Crippen LogP contribution in [0.25, 0.3) is 0 Å². The van der Waals surface area contributed by atoms with Gasteiger partial charge in [0.2, 0.25) is 0 Å². The molecule has 0 saturated carbocycles. The van der Waals surface area contributed by atoms with Crippen LogP contribution >= 0.6 is 0 Å². The number of hydrogen-bond donors (Lipinski definition) is 0. The number of aliphatic carboxylic acids is 1. The monoisotopic (exact) mass is 171 g/mol. The first-order chi connectivity index (χ1) is 5.63. The SMILES string of the molecule is CCCCC(CC)(CC)C(=O)[O-]. The average molecular weight is 171 g/mol. The van der Waals surface area contributed by atoms with Gasteiger partial charge in [-0.05, 0) is 19.3 Å². The first-order valence-electron chi connectivity index (χ1n) is 4.84. The average Bonchev–Trinajstić information content (AvgIpc) is 2.07. The van der Waals surface area contributed by atoms with Crippen LogP contribution in [-0.4, -0.2) is 5.97 Å². The third-order valence-electron chi connectivity index (χ3n) is 2.80. The van der Waals surface area contributed by atoms with Crippen molar-refractivity contribution in [3.8, 4) is 0 Å². The van der Waals surface area contributed by atoms with Gasteiger partial charge in [-0.2, -0.15) is 0 Å². The minimum atomic E-state index is -0.874. The Bertz CT molecular complexity index is 137. The smallest absolute Gasteiger partial charge is 0.0476 e. The summed E-state index contributed by atoms with van der Waals surface area (Å²) in [5.41, 5.74) is -0.560. The molecule has 0 aliphatic rings. The fourth-order valence-electron chi connectivity index (χ4n) is 1.51. The zero-order chi connectivity index (χ0) is 9.61. The third-order valence-corrected chi connectivity index (χ3v) is 2.80. The summed E-state index contributed by atoms with van der Waals surface area (Å²) in [4.78, 5) is 10.9. The molecule has 0 unspecified atom stereocenters. The van der Waals surface area contributed by atoms with Gasteiger partial charge >= 0.3 is 0 Å².